The van der Waals surface area contributed by atoms with Crippen LogP contribution in [0.1, 0.15) is 76.2 Å². The predicted molar refractivity (Wildman–Crippen MR) is 142 cm³/mol. The standard InChI is InChI=1S/C29H41N5O3/c1-19(2)23-11-10-20(3)13-28(36)34-16-21-14-22(25(34)7-6-9-27(35)31-23)17-33(15-21)29(37)24-18-32-12-5-4-8-26(32)30-24/h4-5,8,12,18-23,25H,6-7,9-11,13-17H2,1-3H3,(H,31,35)/t20-,21+,22+,23+,25+/m1/s1. The van der Waals surface area contributed by atoms with E-state index in [-0.39, 0.29) is 47.6 Å². The van der Waals surface area contributed by atoms with E-state index in [2.05, 4.69) is 36.0 Å². The summed E-state index contributed by atoms with van der Waals surface area (Å²) >= 11 is 0. The lowest BCUT2D eigenvalue weighted by Gasteiger charge is -2.51. The molecule has 1 N–H and O–H groups in total. The van der Waals surface area contributed by atoms with Crippen LogP contribution in [0, 0.1) is 23.7 Å². The summed E-state index contributed by atoms with van der Waals surface area (Å²) in [5.74, 6) is 1.48. The quantitative estimate of drug-likeness (QED) is 0.671. The van der Waals surface area contributed by atoms with E-state index in [4.69, 9.17) is 0 Å². The number of piperidine rings is 2. The van der Waals surface area contributed by atoms with Gasteiger partial charge in [0.05, 0.1) is 0 Å². The Balaban J connectivity index is 1.33. The van der Waals surface area contributed by atoms with Crippen LogP contribution < -0.4 is 5.32 Å². The highest BCUT2D eigenvalue weighted by Crippen LogP contribution is 2.37. The van der Waals surface area contributed by atoms with Crippen LogP contribution in [-0.4, -0.2) is 68.6 Å². The summed E-state index contributed by atoms with van der Waals surface area (Å²) in [5.41, 5.74) is 1.24. The van der Waals surface area contributed by atoms with E-state index < -0.39 is 0 Å². The first-order valence-corrected chi connectivity index (χ1v) is 14.1. The molecule has 5 rings (SSSR count). The normalized spacial score (nSPS) is 29.8. The Labute approximate surface area is 219 Å². The Bertz CT molecular complexity index is 1110. The second-order valence-electron chi connectivity index (χ2n) is 12.0. The van der Waals surface area contributed by atoms with Crippen LogP contribution in [0.15, 0.2) is 30.6 Å². The molecule has 3 aliphatic heterocycles. The Hall–Kier alpha value is -2.90. The second-order valence-corrected chi connectivity index (χ2v) is 12.0. The number of carbonyl (C=O) groups is 3. The van der Waals surface area contributed by atoms with Crippen molar-refractivity contribution in [3.05, 3.63) is 36.3 Å². The van der Waals surface area contributed by atoms with Crippen molar-refractivity contribution in [3.63, 3.8) is 0 Å². The first-order chi connectivity index (χ1) is 17.8. The van der Waals surface area contributed by atoms with Crippen molar-refractivity contribution in [2.75, 3.05) is 19.6 Å². The van der Waals surface area contributed by atoms with Gasteiger partial charge in [-0.25, -0.2) is 4.98 Å². The number of nitrogens with one attached hydrogen (secondary N) is 1. The van der Waals surface area contributed by atoms with Gasteiger partial charge in [0.15, 0.2) is 0 Å². The van der Waals surface area contributed by atoms with Gasteiger partial charge in [-0.1, -0.05) is 26.8 Å². The molecule has 37 heavy (non-hydrogen) atoms. The molecule has 0 unspecified atom stereocenters. The summed E-state index contributed by atoms with van der Waals surface area (Å²) in [6.07, 6.45) is 9.17. The monoisotopic (exact) mass is 507 g/mol. The van der Waals surface area contributed by atoms with E-state index in [1.165, 1.54) is 0 Å². The molecule has 0 spiro atoms. The summed E-state index contributed by atoms with van der Waals surface area (Å²) in [4.78, 5) is 48.4. The molecule has 5 atom stereocenters. The van der Waals surface area contributed by atoms with Gasteiger partial charge in [0.1, 0.15) is 11.3 Å². The molecule has 0 aliphatic carbocycles. The van der Waals surface area contributed by atoms with Gasteiger partial charge in [0.25, 0.3) is 5.91 Å². The number of likely N-dealkylation sites (tertiary alicyclic amines) is 1. The number of hydrogen-bond acceptors (Lipinski definition) is 4. The zero-order chi connectivity index (χ0) is 26.1. The number of hydrogen-bond donors (Lipinski definition) is 1. The lowest BCUT2D eigenvalue weighted by atomic mass is 9.77. The Morgan fingerprint density at radius 2 is 1.95 bits per heavy atom. The maximum Gasteiger partial charge on any atom is 0.274 e. The van der Waals surface area contributed by atoms with E-state index in [1.54, 1.807) is 6.20 Å². The third-order valence-electron chi connectivity index (χ3n) is 8.71. The SMILES string of the molecule is CC(C)[C@@H]1CC[C@@H](C)CC(=O)N2C[C@H]3C[C@@H](CN(C(=O)c4cn5ccccc5n4)C3)[C@@H]2CCCC(=O)N1. The molecule has 0 saturated carbocycles. The van der Waals surface area contributed by atoms with Gasteiger partial charge in [0, 0.05) is 57.0 Å². The molecule has 5 heterocycles. The number of fused-ring (bicyclic) bond motifs is 5. The van der Waals surface area contributed by atoms with Crippen molar-refractivity contribution in [2.45, 2.75) is 77.8 Å². The average Bonchev–Trinajstić information content (AvgIpc) is 3.30. The largest absolute Gasteiger partial charge is 0.353 e. The van der Waals surface area contributed by atoms with Gasteiger partial charge in [-0.05, 0) is 67.9 Å². The fraction of sp³-hybridized carbons (Fsp3) is 0.655. The maximum atomic E-state index is 13.6. The molecule has 3 fully saturated rings. The van der Waals surface area contributed by atoms with E-state index in [0.717, 1.165) is 37.8 Å². The van der Waals surface area contributed by atoms with Gasteiger partial charge >= 0.3 is 0 Å². The number of nitrogens with zero attached hydrogens (tertiary/aromatic N) is 4. The van der Waals surface area contributed by atoms with Gasteiger partial charge in [-0.2, -0.15) is 0 Å². The fourth-order valence-electron chi connectivity index (χ4n) is 6.67. The van der Waals surface area contributed by atoms with Crippen LogP contribution in [0.25, 0.3) is 5.65 Å². The van der Waals surface area contributed by atoms with Crippen molar-refractivity contribution in [2.24, 2.45) is 23.7 Å². The van der Waals surface area contributed by atoms with Gasteiger partial charge < -0.3 is 19.5 Å². The summed E-state index contributed by atoms with van der Waals surface area (Å²) < 4.78 is 1.88. The number of imidazole rings is 1. The minimum absolute atomic E-state index is 0.0319. The van der Waals surface area contributed by atoms with Crippen LogP contribution in [-0.2, 0) is 9.59 Å². The van der Waals surface area contributed by atoms with Crippen LogP contribution in [0.5, 0.6) is 0 Å². The minimum Gasteiger partial charge on any atom is -0.353 e. The predicted octanol–water partition coefficient (Wildman–Crippen LogP) is 3.75. The van der Waals surface area contributed by atoms with Crippen LogP contribution >= 0.6 is 0 Å². The second kappa shape index (κ2) is 10.8. The van der Waals surface area contributed by atoms with Crippen molar-refractivity contribution < 1.29 is 14.4 Å². The number of carbonyl (C=O) groups excluding carboxylic acids is 3. The Kier molecular flexibility index (Phi) is 7.54. The number of amides is 3. The summed E-state index contributed by atoms with van der Waals surface area (Å²) in [6.45, 7) is 8.45. The highest BCUT2D eigenvalue weighted by molar-refractivity contribution is 5.93. The molecule has 8 heteroatoms. The molecule has 2 aromatic heterocycles. The average molecular weight is 508 g/mol. The van der Waals surface area contributed by atoms with Crippen LogP contribution in [0.4, 0.5) is 0 Å². The third kappa shape index (κ3) is 5.68. The lowest BCUT2D eigenvalue weighted by Crippen LogP contribution is -2.60. The number of pyridine rings is 1. The van der Waals surface area contributed by atoms with Crippen LogP contribution in [0.3, 0.4) is 0 Å². The summed E-state index contributed by atoms with van der Waals surface area (Å²) in [6, 6.07) is 5.98. The minimum atomic E-state index is -0.0319. The van der Waals surface area contributed by atoms with Crippen molar-refractivity contribution in [1.82, 2.24) is 24.5 Å². The number of aromatic nitrogens is 2. The molecule has 2 bridgehead atoms. The molecule has 0 radical (unpaired) electrons. The zero-order valence-corrected chi connectivity index (χ0v) is 22.4. The van der Waals surface area contributed by atoms with Crippen molar-refractivity contribution >= 4 is 23.4 Å². The van der Waals surface area contributed by atoms with E-state index >= 15 is 0 Å². The first kappa shape index (κ1) is 25.7. The topological polar surface area (TPSA) is 87.0 Å². The molecule has 3 amide bonds. The van der Waals surface area contributed by atoms with Crippen molar-refractivity contribution in [1.29, 1.82) is 0 Å². The van der Waals surface area contributed by atoms with E-state index in [9.17, 15) is 14.4 Å². The van der Waals surface area contributed by atoms with Gasteiger partial charge in [-0.15, -0.1) is 0 Å². The molecule has 200 valence electrons. The molecule has 3 aliphatic rings. The Morgan fingerprint density at radius 3 is 2.73 bits per heavy atom. The third-order valence-corrected chi connectivity index (χ3v) is 8.71. The highest BCUT2D eigenvalue weighted by Gasteiger charge is 2.44. The smallest absolute Gasteiger partial charge is 0.274 e. The summed E-state index contributed by atoms with van der Waals surface area (Å²) in [7, 11) is 0. The Morgan fingerprint density at radius 1 is 1.11 bits per heavy atom. The lowest BCUT2D eigenvalue weighted by molar-refractivity contribution is -0.141. The molecule has 2 aromatic rings. The fourth-order valence-corrected chi connectivity index (χ4v) is 6.67. The molecular formula is C29H41N5O3. The van der Waals surface area contributed by atoms with E-state index in [0.29, 0.717) is 44.1 Å². The van der Waals surface area contributed by atoms with E-state index in [1.807, 2.05) is 33.7 Å². The number of rotatable bonds is 2. The van der Waals surface area contributed by atoms with Crippen molar-refractivity contribution in [3.8, 4) is 0 Å². The zero-order valence-electron chi connectivity index (χ0n) is 22.4. The highest BCUT2D eigenvalue weighted by atomic mass is 16.2. The van der Waals surface area contributed by atoms with Gasteiger partial charge in [-0.3, -0.25) is 14.4 Å². The molecule has 0 aromatic carbocycles. The summed E-state index contributed by atoms with van der Waals surface area (Å²) in [5, 5.41) is 3.25. The molecule has 3 saturated heterocycles. The molecular weight excluding hydrogens is 466 g/mol. The first-order valence-electron chi connectivity index (χ1n) is 14.1. The van der Waals surface area contributed by atoms with Gasteiger partial charge in [0.2, 0.25) is 11.8 Å². The maximum absolute atomic E-state index is 13.6. The molecule has 8 nitrogen and oxygen atoms in total. The van der Waals surface area contributed by atoms with Crippen LogP contribution in [0.2, 0.25) is 0 Å².